The molecule has 3 rings (SSSR count). The number of benzene rings is 3. The van der Waals surface area contributed by atoms with Gasteiger partial charge in [-0.1, -0.05) is 42.8 Å². The lowest BCUT2D eigenvalue weighted by Gasteiger charge is -2.32. The molecule has 208 valence electrons. The van der Waals surface area contributed by atoms with Crippen molar-refractivity contribution in [3.8, 4) is 0 Å². The van der Waals surface area contributed by atoms with Gasteiger partial charge in [0.15, 0.2) is 0 Å². The van der Waals surface area contributed by atoms with Crippen LogP contribution in [0, 0.1) is 12.7 Å². The Balaban J connectivity index is 2.02. The summed E-state index contributed by atoms with van der Waals surface area (Å²) in [7, 11) is -4.19. The van der Waals surface area contributed by atoms with E-state index < -0.39 is 34.3 Å². The van der Waals surface area contributed by atoms with Gasteiger partial charge in [-0.2, -0.15) is 0 Å². The van der Waals surface area contributed by atoms with Crippen molar-refractivity contribution in [3.63, 3.8) is 0 Å². The third kappa shape index (κ3) is 7.80. The van der Waals surface area contributed by atoms with Gasteiger partial charge in [0, 0.05) is 17.6 Å². The zero-order valence-corrected chi connectivity index (χ0v) is 24.0. The van der Waals surface area contributed by atoms with Gasteiger partial charge in [-0.3, -0.25) is 13.9 Å². The van der Waals surface area contributed by atoms with Crippen LogP contribution in [0.15, 0.2) is 77.7 Å². The molecule has 7 nitrogen and oxygen atoms in total. The molecule has 2 atom stereocenters. The molecule has 0 heterocycles. The number of sulfonamides is 1. The molecule has 2 amide bonds. The van der Waals surface area contributed by atoms with E-state index >= 15 is 0 Å². The fourth-order valence-electron chi connectivity index (χ4n) is 3.88. The fraction of sp³-hybridized carbons (Fsp3) is 0.310. The Morgan fingerprint density at radius 3 is 2.23 bits per heavy atom. The zero-order chi connectivity index (χ0) is 28.7. The predicted molar refractivity (Wildman–Crippen MR) is 151 cm³/mol. The van der Waals surface area contributed by atoms with Crippen LogP contribution in [0.1, 0.15) is 38.3 Å². The molecule has 3 aromatic carbocycles. The molecule has 0 saturated heterocycles. The van der Waals surface area contributed by atoms with Gasteiger partial charge in [-0.25, -0.2) is 12.8 Å². The minimum absolute atomic E-state index is 0.0170. The monoisotopic (exact) mass is 573 g/mol. The summed E-state index contributed by atoms with van der Waals surface area (Å²) in [4.78, 5) is 28.2. The summed E-state index contributed by atoms with van der Waals surface area (Å²) in [6.45, 7) is 6.62. The number of nitrogens with zero attached hydrogens (tertiary/aromatic N) is 2. The summed E-state index contributed by atoms with van der Waals surface area (Å²) in [6, 6.07) is 17.0. The molecule has 0 saturated carbocycles. The minimum atomic E-state index is -4.19. The molecule has 1 N–H and O–H groups in total. The molecule has 0 aliphatic heterocycles. The van der Waals surface area contributed by atoms with E-state index in [9.17, 15) is 22.4 Å². The quantitative estimate of drug-likeness (QED) is 0.337. The third-order valence-corrected chi connectivity index (χ3v) is 8.44. The van der Waals surface area contributed by atoms with Gasteiger partial charge in [0.1, 0.15) is 18.4 Å². The topological polar surface area (TPSA) is 86.8 Å². The number of rotatable bonds is 11. The van der Waals surface area contributed by atoms with Crippen molar-refractivity contribution in [1.29, 1.82) is 0 Å². The molecule has 10 heteroatoms. The van der Waals surface area contributed by atoms with E-state index in [1.807, 2.05) is 26.8 Å². The van der Waals surface area contributed by atoms with E-state index in [4.69, 9.17) is 11.6 Å². The first-order chi connectivity index (χ1) is 18.4. The summed E-state index contributed by atoms with van der Waals surface area (Å²) in [5.41, 5.74) is 1.70. The van der Waals surface area contributed by atoms with Crippen LogP contribution in [0.5, 0.6) is 0 Å². The lowest BCUT2D eigenvalue weighted by molar-refractivity contribution is -0.139. The van der Waals surface area contributed by atoms with Crippen molar-refractivity contribution in [2.75, 3.05) is 10.8 Å². The first-order valence-corrected chi connectivity index (χ1v) is 14.4. The molecule has 0 aliphatic carbocycles. The molecule has 0 unspecified atom stereocenters. The smallest absolute Gasteiger partial charge is 0.264 e. The van der Waals surface area contributed by atoms with Gasteiger partial charge in [-0.05, 0) is 86.8 Å². The predicted octanol–water partition coefficient (Wildman–Crippen LogP) is 5.31. The number of halogens is 2. The van der Waals surface area contributed by atoms with E-state index in [0.29, 0.717) is 22.7 Å². The van der Waals surface area contributed by atoms with Crippen molar-refractivity contribution >= 4 is 39.1 Å². The van der Waals surface area contributed by atoms with Gasteiger partial charge < -0.3 is 10.2 Å². The van der Waals surface area contributed by atoms with Crippen molar-refractivity contribution < 1.29 is 22.4 Å². The number of carbonyl (C=O) groups excluding carboxylic acids is 2. The average Bonchev–Trinajstić information content (AvgIpc) is 2.90. The number of hydrogen-bond acceptors (Lipinski definition) is 4. The van der Waals surface area contributed by atoms with Crippen molar-refractivity contribution in [1.82, 2.24) is 10.2 Å². The van der Waals surface area contributed by atoms with Crippen LogP contribution in [0.3, 0.4) is 0 Å². The average molecular weight is 574 g/mol. The Bertz CT molecular complexity index is 1400. The third-order valence-electron chi connectivity index (χ3n) is 6.40. The number of carbonyl (C=O) groups is 2. The Labute approximate surface area is 234 Å². The zero-order valence-electron chi connectivity index (χ0n) is 22.4. The molecule has 39 heavy (non-hydrogen) atoms. The van der Waals surface area contributed by atoms with Crippen molar-refractivity contribution in [2.24, 2.45) is 0 Å². The maximum Gasteiger partial charge on any atom is 0.264 e. The Kier molecular flexibility index (Phi) is 10.1. The number of hydrogen-bond donors (Lipinski definition) is 1. The van der Waals surface area contributed by atoms with Crippen molar-refractivity contribution in [3.05, 3.63) is 94.8 Å². The lowest BCUT2D eigenvalue weighted by atomic mass is 10.1. The van der Waals surface area contributed by atoms with E-state index in [1.54, 1.807) is 25.1 Å². The molecular weight excluding hydrogens is 541 g/mol. The van der Waals surface area contributed by atoms with Crippen LogP contribution in [0.2, 0.25) is 5.02 Å². The Morgan fingerprint density at radius 2 is 1.64 bits per heavy atom. The van der Waals surface area contributed by atoms with E-state index in [-0.39, 0.29) is 23.4 Å². The van der Waals surface area contributed by atoms with E-state index in [1.165, 1.54) is 53.4 Å². The first kappa shape index (κ1) is 30.1. The van der Waals surface area contributed by atoms with Gasteiger partial charge in [-0.15, -0.1) is 0 Å². The highest BCUT2D eigenvalue weighted by molar-refractivity contribution is 7.92. The summed E-state index contributed by atoms with van der Waals surface area (Å²) in [6.07, 6.45) is 0.699. The molecule has 0 aromatic heterocycles. The summed E-state index contributed by atoms with van der Waals surface area (Å²) in [5, 5.41) is 3.25. The van der Waals surface area contributed by atoms with Crippen LogP contribution < -0.4 is 9.62 Å². The van der Waals surface area contributed by atoms with Gasteiger partial charge in [0.2, 0.25) is 11.8 Å². The minimum Gasteiger partial charge on any atom is -0.352 e. The van der Waals surface area contributed by atoms with Crippen LogP contribution >= 0.6 is 11.6 Å². The second-order valence-electron chi connectivity index (χ2n) is 9.45. The Hall–Kier alpha value is -3.43. The lowest BCUT2D eigenvalue weighted by Crippen LogP contribution is -2.52. The van der Waals surface area contributed by atoms with E-state index in [2.05, 4.69) is 5.32 Å². The number of amides is 2. The van der Waals surface area contributed by atoms with E-state index in [0.717, 1.165) is 9.87 Å². The number of nitrogens with one attached hydrogen (secondary N) is 1. The Morgan fingerprint density at radius 1 is 1.00 bits per heavy atom. The summed E-state index contributed by atoms with van der Waals surface area (Å²) in [5.74, 6) is -1.40. The largest absolute Gasteiger partial charge is 0.352 e. The molecule has 0 aliphatic rings. The molecule has 0 radical (unpaired) electrons. The van der Waals surface area contributed by atoms with Crippen LogP contribution in [0.4, 0.5) is 10.1 Å². The molecule has 3 aromatic rings. The second-order valence-corrected chi connectivity index (χ2v) is 11.7. The van der Waals surface area contributed by atoms with Crippen LogP contribution in [0.25, 0.3) is 0 Å². The number of aryl methyl sites for hydroxylation is 1. The summed E-state index contributed by atoms with van der Waals surface area (Å²) >= 11 is 5.97. The van der Waals surface area contributed by atoms with Crippen LogP contribution in [-0.4, -0.2) is 43.8 Å². The van der Waals surface area contributed by atoms with Crippen molar-refractivity contribution in [2.45, 2.75) is 57.6 Å². The molecule has 0 bridgehead atoms. The fourth-order valence-corrected chi connectivity index (χ4v) is 5.41. The summed E-state index contributed by atoms with van der Waals surface area (Å²) < 4.78 is 42.1. The molecule has 0 fully saturated rings. The number of anilines is 1. The first-order valence-electron chi connectivity index (χ1n) is 12.6. The second kappa shape index (κ2) is 13.1. The highest BCUT2D eigenvalue weighted by Gasteiger charge is 2.32. The maximum atomic E-state index is 13.9. The van der Waals surface area contributed by atoms with Gasteiger partial charge in [0.05, 0.1) is 10.6 Å². The van der Waals surface area contributed by atoms with Gasteiger partial charge in [0.25, 0.3) is 10.0 Å². The highest BCUT2D eigenvalue weighted by atomic mass is 35.5. The van der Waals surface area contributed by atoms with Gasteiger partial charge >= 0.3 is 0 Å². The SMILES string of the molecule is CC[C@@H](C)NC(=O)[C@@H](C)N(Cc1ccc(F)cc1)C(=O)CN(c1cccc(C)c1)S(=O)(=O)c1ccc(Cl)cc1. The highest BCUT2D eigenvalue weighted by Crippen LogP contribution is 2.26. The molecule has 0 spiro atoms. The maximum absolute atomic E-state index is 13.9. The normalized spacial score (nSPS) is 12.9. The molecular formula is C29H33ClFN3O4S. The van der Waals surface area contributed by atoms with Crippen LogP contribution in [-0.2, 0) is 26.2 Å². The standard InChI is InChI=1S/C29H33ClFN3O4S/c1-5-21(3)32-29(36)22(4)33(18-23-9-13-25(31)14-10-23)28(35)19-34(26-8-6-7-20(2)17-26)39(37,38)27-15-11-24(30)12-16-27/h6-17,21-22H,5,18-19H2,1-4H3,(H,32,36)/t21-,22-/m1/s1.